The van der Waals surface area contributed by atoms with Crippen LogP contribution in [0, 0.1) is 17.2 Å². The van der Waals surface area contributed by atoms with Gasteiger partial charge in [0.2, 0.25) is 0 Å². The Labute approximate surface area is 148 Å². The molecule has 2 N–H and O–H groups in total. The first-order chi connectivity index (χ1) is 11.6. The van der Waals surface area contributed by atoms with Crippen LogP contribution in [0.1, 0.15) is 33.3 Å². The van der Waals surface area contributed by atoms with Gasteiger partial charge in [0, 0.05) is 25.8 Å². The molecule has 0 radical (unpaired) electrons. The summed E-state index contributed by atoms with van der Waals surface area (Å²) in [5, 5.41) is 14.3. The van der Waals surface area contributed by atoms with E-state index in [9.17, 15) is 9.59 Å². The fourth-order valence-corrected chi connectivity index (χ4v) is 2.06. The number of urea groups is 1. The number of benzene rings is 1. The molecule has 0 aliphatic rings. The molecule has 7 heteroatoms. The predicted molar refractivity (Wildman–Crippen MR) is 96.2 cm³/mol. The van der Waals surface area contributed by atoms with Crippen molar-refractivity contribution in [1.82, 2.24) is 10.2 Å². The van der Waals surface area contributed by atoms with Crippen LogP contribution in [0.4, 0.5) is 15.3 Å². The van der Waals surface area contributed by atoms with E-state index in [0.717, 1.165) is 0 Å². The molecular weight excluding hydrogens is 320 g/mol. The number of carbonyl (C=O) groups is 2. The van der Waals surface area contributed by atoms with Gasteiger partial charge in [-0.3, -0.25) is 0 Å². The van der Waals surface area contributed by atoms with Gasteiger partial charge in [-0.05, 0) is 44.9 Å². The third kappa shape index (κ3) is 8.06. The zero-order chi connectivity index (χ0) is 19.0. The number of rotatable bonds is 5. The van der Waals surface area contributed by atoms with Crippen LogP contribution in [-0.4, -0.2) is 42.8 Å². The fourth-order valence-electron chi connectivity index (χ4n) is 2.06. The normalized spacial score (nSPS) is 11.8. The van der Waals surface area contributed by atoms with Crippen LogP contribution in [0.5, 0.6) is 0 Å². The highest BCUT2D eigenvalue weighted by molar-refractivity contribution is 5.89. The van der Waals surface area contributed by atoms with Crippen LogP contribution in [0.3, 0.4) is 0 Å². The Bertz CT molecular complexity index is 646. The van der Waals surface area contributed by atoms with E-state index in [2.05, 4.69) is 10.6 Å². The predicted octanol–water partition coefficient (Wildman–Crippen LogP) is 3.18. The molecule has 25 heavy (non-hydrogen) atoms. The lowest BCUT2D eigenvalue weighted by Gasteiger charge is -2.26. The molecule has 1 aromatic rings. The SMILES string of the molecule is C[C@H](CNC(=O)Nc1cccc(C#N)c1)CN(C)C(=O)OC(C)(C)C. The number of amides is 3. The summed E-state index contributed by atoms with van der Waals surface area (Å²) in [6.07, 6.45) is -0.392. The van der Waals surface area contributed by atoms with Crippen LogP contribution >= 0.6 is 0 Å². The molecule has 0 aliphatic heterocycles. The highest BCUT2D eigenvalue weighted by atomic mass is 16.6. The number of nitrogens with zero attached hydrogens (tertiary/aromatic N) is 2. The summed E-state index contributed by atoms with van der Waals surface area (Å²) in [5.74, 6) is 0.0497. The van der Waals surface area contributed by atoms with Crippen LogP contribution in [0.15, 0.2) is 24.3 Å². The highest BCUT2D eigenvalue weighted by Crippen LogP contribution is 2.11. The van der Waals surface area contributed by atoms with Gasteiger partial charge < -0.3 is 20.3 Å². The highest BCUT2D eigenvalue weighted by Gasteiger charge is 2.20. The molecule has 136 valence electrons. The van der Waals surface area contributed by atoms with Crippen molar-refractivity contribution >= 4 is 17.8 Å². The Morgan fingerprint density at radius 1 is 1.36 bits per heavy atom. The standard InChI is InChI=1S/C18H26N4O3/c1-13(12-22(5)17(24)25-18(2,3)4)11-20-16(23)21-15-8-6-7-14(9-15)10-19/h6-9,13H,11-12H2,1-5H3,(H2,20,21,23)/t13-/m1/s1. The van der Waals surface area contributed by atoms with Crippen LogP contribution in [0.25, 0.3) is 0 Å². The van der Waals surface area contributed by atoms with Crippen molar-refractivity contribution in [3.63, 3.8) is 0 Å². The van der Waals surface area contributed by atoms with E-state index >= 15 is 0 Å². The maximum Gasteiger partial charge on any atom is 0.410 e. The van der Waals surface area contributed by atoms with Gasteiger partial charge >= 0.3 is 12.1 Å². The molecule has 1 atom stereocenters. The lowest BCUT2D eigenvalue weighted by Crippen LogP contribution is -2.40. The van der Waals surface area contributed by atoms with E-state index in [4.69, 9.17) is 10.00 Å². The van der Waals surface area contributed by atoms with Crippen molar-refractivity contribution in [3.05, 3.63) is 29.8 Å². The number of anilines is 1. The second kappa shape index (κ2) is 8.92. The lowest BCUT2D eigenvalue weighted by atomic mass is 10.1. The van der Waals surface area contributed by atoms with Gasteiger partial charge in [0.1, 0.15) is 5.60 Å². The summed E-state index contributed by atoms with van der Waals surface area (Å²) in [6, 6.07) is 8.33. The zero-order valence-electron chi connectivity index (χ0n) is 15.4. The summed E-state index contributed by atoms with van der Waals surface area (Å²) in [6.45, 7) is 8.23. The van der Waals surface area contributed by atoms with Gasteiger partial charge in [0.15, 0.2) is 0 Å². The molecule has 0 fully saturated rings. The zero-order valence-corrected chi connectivity index (χ0v) is 15.4. The quantitative estimate of drug-likeness (QED) is 0.856. The van der Waals surface area contributed by atoms with Crippen LogP contribution < -0.4 is 10.6 Å². The fraction of sp³-hybridized carbons (Fsp3) is 0.500. The van der Waals surface area contributed by atoms with E-state index in [0.29, 0.717) is 24.3 Å². The summed E-state index contributed by atoms with van der Waals surface area (Å²) < 4.78 is 5.29. The van der Waals surface area contributed by atoms with E-state index < -0.39 is 11.7 Å². The number of ether oxygens (including phenoxy) is 1. The van der Waals surface area contributed by atoms with E-state index in [1.165, 1.54) is 4.90 Å². The molecule has 3 amide bonds. The molecule has 0 unspecified atom stereocenters. The van der Waals surface area contributed by atoms with Crippen LogP contribution in [0.2, 0.25) is 0 Å². The van der Waals surface area contributed by atoms with Gasteiger partial charge in [0.25, 0.3) is 0 Å². The smallest absolute Gasteiger partial charge is 0.410 e. The summed E-state index contributed by atoms with van der Waals surface area (Å²) in [7, 11) is 1.66. The van der Waals surface area contributed by atoms with Crippen molar-refractivity contribution in [3.8, 4) is 6.07 Å². The maximum absolute atomic E-state index is 11.9. The Morgan fingerprint density at radius 3 is 2.64 bits per heavy atom. The Morgan fingerprint density at radius 2 is 2.04 bits per heavy atom. The summed E-state index contributed by atoms with van der Waals surface area (Å²) >= 11 is 0. The first-order valence-corrected chi connectivity index (χ1v) is 8.10. The van der Waals surface area contributed by atoms with Crippen LogP contribution in [-0.2, 0) is 4.74 Å². The minimum atomic E-state index is -0.537. The third-order valence-corrected chi connectivity index (χ3v) is 3.15. The van der Waals surface area contributed by atoms with Gasteiger partial charge in [-0.1, -0.05) is 13.0 Å². The first-order valence-electron chi connectivity index (χ1n) is 8.10. The molecule has 0 saturated carbocycles. The molecule has 1 rings (SSSR count). The van der Waals surface area contributed by atoms with Gasteiger partial charge in [-0.2, -0.15) is 5.26 Å². The second-order valence-electron chi connectivity index (χ2n) is 6.99. The van der Waals surface area contributed by atoms with Gasteiger partial charge in [-0.25, -0.2) is 9.59 Å². The summed E-state index contributed by atoms with van der Waals surface area (Å²) in [5.41, 5.74) is 0.491. The molecule has 0 aliphatic carbocycles. The average molecular weight is 346 g/mol. The Hall–Kier alpha value is -2.75. The third-order valence-electron chi connectivity index (χ3n) is 3.15. The largest absolute Gasteiger partial charge is 0.444 e. The summed E-state index contributed by atoms with van der Waals surface area (Å²) in [4.78, 5) is 25.3. The minimum absolute atomic E-state index is 0.0497. The van der Waals surface area contributed by atoms with Crippen molar-refractivity contribution in [1.29, 1.82) is 5.26 Å². The van der Waals surface area contributed by atoms with E-state index in [1.54, 1.807) is 31.3 Å². The van der Waals surface area contributed by atoms with Crippen molar-refractivity contribution in [2.24, 2.45) is 5.92 Å². The molecule has 0 heterocycles. The molecule has 0 spiro atoms. The molecule has 1 aromatic carbocycles. The number of hydrogen-bond acceptors (Lipinski definition) is 4. The van der Waals surface area contributed by atoms with Gasteiger partial charge in [-0.15, -0.1) is 0 Å². The monoisotopic (exact) mass is 346 g/mol. The molecule has 7 nitrogen and oxygen atoms in total. The number of nitriles is 1. The number of hydrogen-bond donors (Lipinski definition) is 2. The topological polar surface area (TPSA) is 94.5 Å². The molecule has 0 saturated heterocycles. The van der Waals surface area contributed by atoms with Crippen molar-refractivity contribution in [2.75, 3.05) is 25.5 Å². The number of carbonyl (C=O) groups excluding carboxylic acids is 2. The minimum Gasteiger partial charge on any atom is -0.444 e. The number of nitrogens with one attached hydrogen (secondary N) is 2. The second-order valence-corrected chi connectivity index (χ2v) is 6.99. The van der Waals surface area contributed by atoms with Gasteiger partial charge in [0.05, 0.1) is 11.6 Å². The maximum atomic E-state index is 11.9. The lowest BCUT2D eigenvalue weighted by molar-refractivity contribution is 0.0278. The molecule has 0 aromatic heterocycles. The Kier molecular flexibility index (Phi) is 7.24. The molecular formula is C18H26N4O3. The van der Waals surface area contributed by atoms with Crippen molar-refractivity contribution in [2.45, 2.75) is 33.3 Å². The van der Waals surface area contributed by atoms with E-state index in [1.807, 2.05) is 33.8 Å². The average Bonchev–Trinajstić information content (AvgIpc) is 2.51. The Balaban J connectivity index is 2.40. The van der Waals surface area contributed by atoms with Crippen molar-refractivity contribution < 1.29 is 14.3 Å². The van der Waals surface area contributed by atoms with E-state index in [-0.39, 0.29) is 11.9 Å². The molecule has 0 bridgehead atoms. The first kappa shape index (κ1) is 20.3.